The third kappa shape index (κ3) is 5.75. The van der Waals surface area contributed by atoms with Crippen molar-refractivity contribution in [2.24, 2.45) is 40.7 Å². The highest BCUT2D eigenvalue weighted by molar-refractivity contribution is 6.03. The molecule has 4 amide bonds. The number of amides is 4. The number of ketones is 2. The van der Waals surface area contributed by atoms with Gasteiger partial charge in [0.05, 0.1) is 17.8 Å². The van der Waals surface area contributed by atoms with Crippen LogP contribution in [-0.4, -0.2) is 65.0 Å². The first-order valence-electron chi connectivity index (χ1n) is 15.5. The summed E-state index contributed by atoms with van der Waals surface area (Å²) >= 11 is 0. The Labute approximate surface area is 243 Å². The van der Waals surface area contributed by atoms with Crippen LogP contribution in [0, 0.1) is 35.0 Å². The Morgan fingerprint density at radius 3 is 2.29 bits per heavy atom. The number of Topliss-reactive ketones (excluding diaryl/α,β-unsaturated/α-hetero) is 2. The van der Waals surface area contributed by atoms with Gasteiger partial charge in [-0.05, 0) is 79.6 Å². The van der Waals surface area contributed by atoms with Gasteiger partial charge in [0.25, 0.3) is 0 Å². The van der Waals surface area contributed by atoms with E-state index in [1.54, 1.807) is 4.90 Å². The van der Waals surface area contributed by atoms with E-state index >= 15 is 0 Å². The lowest BCUT2D eigenvalue weighted by molar-refractivity contribution is -0.143. The average molecular weight is 570 g/mol. The number of rotatable bonds is 8. The molecule has 0 aromatic rings. The largest absolute Gasteiger partial charge is 0.396 e. The molecule has 4 fully saturated rings. The molecule has 0 radical (unpaired) electrons. The smallest absolute Gasteiger partial charge is 0.316 e. The molecule has 226 valence electrons. The highest BCUT2D eigenvalue weighted by Crippen LogP contribution is 2.44. The molecular weight excluding hydrogens is 522 g/mol. The van der Waals surface area contributed by atoms with E-state index in [1.165, 1.54) is 0 Å². The minimum atomic E-state index is -0.909. The summed E-state index contributed by atoms with van der Waals surface area (Å²) in [5, 5.41) is 8.68. The summed E-state index contributed by atoms with van der Waals surface area (Å²) in [7, 11) is 0. The first-order chi connectivity index (χ1) is 19.3. The second-order valence-corrected chi connectivity index (χ2v) is 14.4. The van der Waals surface area contributed by atoms with Crippen molar-refractivity contribution in [2.45, 2.75) is 110 Å². The van der Waals surface area contributed by atoms with Crippen LogP contribution in [0.15, 0.2) is 11.3 Å². The lowest BCUT2D eigenvalue weighted by Gasteiger charge is -2.40. The fourth-order valence-electron chi connectivity index (χ4n) is 7.41. The first kappa shape index (κ1) is 29.6. The van der Waals surface area contributed by atoms with Gasteiger partial charge in [-0.1, -0.05) is 41.0 Å². The van der Waals surface area contributed by atoms with E-state index < -0.39 is 35.6 Å². The maximum absolute atomic E-state index is 14.2. The van der Waals surface area contributed by atoms with Crippen LogP contribution < -0.4 is 21.7 Å². The molecule has 0 spiro atoms. The van der Waals surface area contributed by atoms with Crippen LogP contribution >= 0.6 is 0 Å². The van der Waals surface area contributed by atoms with Crippen molar-refractivity contribution in [3.8, 4) is 0 Å². The number of nitrogens with two attached hydrogens (primary N) is 1. The SMILES string of the molecule is CC(C)[C@H](NC(=O)N[C@H](C(=O)N1C[C@@H]2CCC[C@@H]2[C@H]1C(=O)NC1CC2CCC2=C(N)C1=O)C(C)(C)C)C(=O)C1CC1. The number of hydrogen-bond acceptors (Lipinski definition) is 6. The van der Waals surface area contributed by atoms with E-state index in [4.69, 9.17) is 5.73 Å². The summed E-state index contributed by atoms with van der Waals surface area (Å²) in [6, 6.07) is -3.46. The number of nitrogens with one attached hydrogen (secondary N) is 3. The van der Waals surface area contributed by atoms with Crippen LogP contribution in [0.1, 0.15) is 86.0 Å². The van der Waals surface area contributed by atoms with E-state index in [9.17, 15) is 24.0 Å². The molecule has 0 aromatic heterocycles. The number of nitrogens with zero attached hydrogens (tertiary/aromatic N) is 1. The topological polar surface area (TPSA) is 151 Å². The van der Waals surface area contributed by atoms with Crippen molar-refractivity contribution in [2.75, 3.05) is 6.54 Å². The minimum Gasteiger partial charge on any atom is -0.396 e. The first-order valence-corrected chi connectivity index (χ1v) is 15.5. The zero-order valence-corrected chi connectivity index (χ0v) is 25.1. The summed E-state index contributed by atoms with van der Waals surface area (Å²) in [5.41, 5.74) is 6.77. The van der Waals surface area contributed by atoms with E-state index in [1.807, 2.05) is 34.6 Å². The van der Waals surface area contributed by atoms with Gasteiger partial charge in [-0.25, -0.2) is 4.79 Å². The van der Waals surface area contributed by atoms with Gasteiger partial charge in [-0.3, -0.25) is 19.2 Å². The third-order valence-electron chi connectivity index (χ3n) is 10.1. The quantitative estimate of drug-likeness (QED) is 0.353. The molecular formula is C31H47N5O5. The van der Waals surface area contributed by atoms with Gasteiger partial charge in [-0.15, -0.1) is 0 Å². The van der Waals surface area contributed by atoms with Crippen LogP contribution in [0.2, 0.25) is 0 Å². The zero-order valence-electron chi connectivity index (χ0n) is 25.1. The van der Waals surface area contributed by atoms with E-state index in [2.05, 4.69) is 16.0 Å². The Kier molecular flexibility index (Phi) is 7.98. The fraction of sp³-hybridized carbons (Fsp3) is 0.774. The summed E-state index contributed by atoms with van der Waals surface area (Å²) in [5.74, 6) is -0.422. The second kappa shape index (κ2) is 11.1. The number of likely N-dealkylation sites (tertiary alicyclic amines) is 1. The van der Waals surface area contributed by atoms with Crippen LogP contribution in [0.3, 0.4) is 0 Å². The fourth-order valence-corrected chi connectivity index (χ4v) is 7.41. The molecule has 0 bridgehead atoms. The molecule has 0 aromatic carbocycles. The molecule has 4 aliphatic carbocycles. The predicted octanol–water partition coefficient (Wildman–Crippen LogP) is 2.41. The molecule has 1 saturated heterocycles. The van der Waals surface area contributed by atoms with Crippen molar-refractivity contribution < 1.29 is 24.0 Å². The summed E-state index contributed by atoms with van der Waals surface area (Å²) in [6.45, 7) is 9.88. The Morgan fingerprint density at radius 1 is 1.00 bits per heavy atom. The van der Waals surface area contributed by atoms with Gasteiger partial charge < -0.3 is 26.6 Å². The zero-order chi connectivity index (χ0) is 29.8. The van der Waals surface area contributed by atoms with Gasteiger partial charge in [0.1, 0.15) is 12.1 Å². The molecule has 10 heteroatoms. The van der Waals surface area contributed by atoms with Crippen molar-refractivity contribution >= 4 is 29.4 Å². The van der Waals surface area contributed by atoms with E-state index in [0.29, 0.717) is 18.7 Å². The molecule has 2 unspecified atom stereocenters. The Balaban J connectivity index is 1.32. The third-order valence-corrected chi connectivity index (χ3v) is 10.1. The number of fused-ring (bicyclic) bond motifs is 2. The standard InChI is InChI=1S/C31H47N5O5/c1-15(2)23(25(37)16-9-10-16)34-30(41)35-27(31(3,4)5)29(40)36-14-18-7-6-8-20(18)24(36)28(39)33-21-13-17-11-12-19(17)22(32)26(21)38/h15-18,20-21,23-24,27H,6-14,32H2,1-5H3,(H,33,39)(H2,34,35,41)/t17?,18-,20-,21?,23-,24-,27+/m0/s1. The van der Waals surface area contributed by atoms with Gasteiger partial charge in [0.15, 0.2) is 5.78 Å². The second-order valence-electron chi connectivity index (χ2n) is 14.4. The Morgan fingerprint density at radius 2 is 1.71 bits per heavy atom. The van der Waals surface area contributed by atoms with E-state index in [0.717, 1.165) is 50.5 Å². The molecule has 3 saturated carbocycles. The Hall–Kier alpha value is -2.91. The van der Waals surface area contributed by atoms with Crippen LogP contribution in [0.25, 0.3) is 0 Å². The summed E-state index contributed by atoms with van der Waals surface area (Å²) in [6.07, 6.45) is 6.86. The molecule has 1 heterocycles. The van der Waals surface area contributed by atoms with Gasteiger partial charge in [0.2, 0.25) is 17.6 Å². The lowest BCUT2D eigenvalue weighted by atomic mass is 9.69. The van der Waals surface area contributed by atoms with E-state index in [-0.39, 0.29) is 53.0 Å². The number of urea groups is 1. The van der Waals surface area contributed by atoms with Gasteiger partial charge >= 0.3 is 6.03 Å². The Bertz CT molecular complexity index is 1150. The molecule has 7 atom stereocenters. The van der Waals surface area contributed by atoms with Crippen molar-refractivity contribution in [3.63, 3.8) is 0 Å². The molecule has 5 aliphatic rings. The molecule has 5 N–H and O–H groups in total. The predicted molar refractivity (Wildman–Crippen MR) is 153 cm³/mol. The minimum absolute atomic E-state index is 0.00351. The number of carbonyl (C=O) groups is 5. The van der Waals surface area contributed by atoms with Gasteiger partial charge in [-0.2, -0.15) is 0 Å². The molecule has 5 rings (SSSR count). The van der Waals surface area contributed by atoms with Crippen LogP contribution in [0.4, 0.5) is 4.79 Å². The summed E-state index contributed by atoms with van der Waals surface area (Å²) < 4.78 is 0. The average Bonchev–Trinajstić information content (AvgIpc) is 3.52. The van der Waals surface area contributed by atoms with Crippen molar-refractivity contribution in [1.29, 1.82) is 0 Å². The highest BCUT2D eigenvalue weighted by Gasteiger charge is 2.52. The lowest BCUT2D eigenvalue weighted by Crippen LogP contribution is -2.62. The van der Waals surface area contributed by atoms with Gasteiger partial charge in [0, 0.05) is 12.5 Å². The van der Waals surface area contributed by atoms with Crippen molar-refractivity contribution in [3.05, 3.63) is 11.3 Å². The van der Waals surface area contributed by atoms with Crippen LogP contribution in [-0.2, 0) is 19.2 Å². The molecule has 1 aliphatic heterocycles. The monoisotopic (exact) mass is 569 g/mol. The maximum Gasteiger partial charge on any atom is 0.316 e. The number of carbonyl (C=O) groups excluding carboxylic acids is 5. The van der Waals surface area contributed by atoms with Crippen molar-refractivity contribution in [1.82, 2.24) is 20.9 Å². The molecule has 41 heavy (non-hydrogen) atoms. The normalized spacial score (nSPS) is 30.7. The number of allylic oxidation sites excluding steroid dienone is 1. The maximum atomic E-state index is 14.2. The summed E-state index contributed by atoms with van der Waals surface area (Å²) in [4.78, 5) is 68.6. The van der Waals surface area contributed by atoms with Crippen LogP contribution in [0.5, 0.6) is 0 Å². The highest BCUT2D eigenvalue weighted by atomic mass is 16.2. The molecule has 10 nitrogen and oxygen atoms in total. The number of hydrogen-bond donors (Lipinski definition) is 4.